The number of carboxylic acid groups (broad SMARTS) is 1. The van der Waals surface area contributed by atoms with Crippen molar-refractivity contribution >= 4 is 40.4 Å². The Morgan fingerprint density at radius 1 is 1.16 bits per heavy atom. The maximum absolute atomic E-state index is 12.3. The number of hydrogen-bond donors (Lipinski definition) is 2. The quantitative estimate of drug-likeness (QED) is 0.399. The van der Waals surface area contributed by atoms with Crippen LogP contribution in [-0.4, -0.2) is 29.0 Å². The molecule has 0 aromatic heterocycles. The lowest BCUT2D eigenvalue weighted by atomic mass is 10.1. The van der Waals surface area contributed by atoms with Crippen LogP contribution in [0.3, 0.4) is 0 Å². The van der Waals surface area contributed by atoms with Gasteiger partial charge in [0.05, 0.1) is 0 Å². The molecule has 0 fully saturated rings. The summed E-state index contributed by atoms with van der Waals surface area (Å²) < 4.78 is 5.92. The van der Waals surface area contributed by atoms with Crippen molar-refractivity contribution in [2.75, 3.05) is 0 Å². The maximum atomic E-state index is 12.3. The van der Waals surface area contributed by atoms with Crippen LogP contribution in [0.2, 0.25) is 0 Å². The number of aliphatic carboxylic acids is 1. The first-order chi connectivity index (χ1) is 11.8. The van der Waals surface area contributed by atoms with Crippen LogP contribution in [0.25, 0.3) is 0 Å². The first-order valence-corrected chi connectivity index (χ1v) is 8.49. The molecule has 2 N–H and O–H groups in total. The predicted molar refractivity (Wildman–Crippen MR) is 99.5 cm³/mol. The largest absolute Gasteiger partial charge is 0.480 e. The van der Waals surface area contributed by atoms with E-state index in [-0.39, 0.29) is 17.7 Å². The van der Waals surface area contributed by atoms with Gasteiger partial charge in [-0.05, 0) is 58.5 Å². The van der Waals surface area contributed by atoms with Crippen LogP contribution in [0, 0.1) is 3.57 Å². The van der Waals surface area contributed by atoms with Gasteiger partial charge in [-0.25, -0.2) is 4.79 Å². The second kappa shape index (κ2) is 8.61. The third-order valence-corrected chi connectivity index (χ3v) is 3.96. The minimum Gasteiger partial charge on any atom is -0.480 e. The van der Waals surface area contributed by atoms with E-state index in [1.807, 2.05) is 24.3 Å². The summed E-state index contributed by atoms with van der Waals surface area (Å²) in [5, 5.41) is 11.9. The van der Waals surface area contributed by atoms with Crippen LogP contribution in [0.15, 0.2) is 48.5 Å². The molecule has 2 aromatic carbocycles. The van der Waals surface area contributed by atoms with Gasteiger partial charge in [0.1, 0.15) is 11.8 Å². The van der Waals surface area contributed by atoms with Gasteiger partial charge in [0.2, 0.25) is 0 Å². The number of esters is 1. The van der Waals surface area contributed by atoms with E-state index in [0.29, 0.717) is 0 Å². The zero-order chi connectivity index (χ0) is 18.4. The van der Waals surface area contributed by atoms with E-state index in [4.69, 9.17) is 4.74 Å². The van der Waals surface area contributed by atoms with E-state index >= 15 is 0 Å². The molecule has 6 nitrogen and oxygen atoms in total. The van der Waals surface area contributed by atoms with E-state index < -0.39 is 23.9 Å². The second-order valence-corrected chi connectivity index (χ2v) is 6.57. The van der Waals surface area contributed by atoms with E-state index in [1.54, 1.807) is 12.1 Å². The molecule has 0 heterocycles. The molecule has 0 aliphatic carbocycles. The average molecular weight is 453 g/mol. The zero-order valence-electron chi connectivity index (χ0n) is 13.4. The molecule has 0 unspecified atom stereocenters. The smallest absolute Gasteiger partial charge is 0.326 e. The molecule has 25 heavy (non-hydrogen) atoms. The Hall–Kier alpha value is -2.42. The fourth-order valence-corrected chi connectivity index (χ4v) is 2.82. The van der Waals surface area contributed by atoms with Gasteiger partial charge in [-0.15, -0.1) is 0 Å². The number of carbonyl (C=O) groups excluding carboxylic acids is 2. The average Bonchev–Trinajstić information content (AvgIpc) is 2.53. The molecule has 0 radical (unpaired) electrons. The van der Waals surface area contributed by atoms with E-state index in [1.165, 1.54) is 19.1 Å². The highest BCUT2D eigenvalue weighted by molar-refractivity contribution is 14.1. The molecule has 0 saturated carbocycles. The van der Waals surface area contributed by atoms with Gasteiger partial charge in [0, 0.05) is 22.5 Å². The number of nitrogens with one attached hydrogen (secondary N) is 1. The first-order valence-electron chi connectivity index (χ1n) is 7.42. The summed E-state index contributed by atoms with van der Waals surface area (Å²) in [5.74, 6) is -1.94. The van der Waals surface area contributed by atoms with Crippen molar-refractivity contribution in [3.05, 3.63) is 63.2 Å². The predicted octanol–water partition coefficient (Wildman–Crippen LogP) is 2.64. The molecule has 0 saturated heterocycles. The van der Waals surface area contributed by atoms with Crippen LogP contribution < -0.4 is 10.1 Å². The van der Waals surface area contributed by atoms with Gasteiger partial charge >= 0.3 is 11.9 Å². The molecule has 0 aliphatic heterocycles. The molecule has 2 rings (SSSR count). The molecule has 0 aliphatic rings. The van der Waals surface area contributed by atoms with Gasteiger partial charge < -0.3 is 15.2 Å². The third kappa shape index (κ3) is 5.86. The minimum atomic E-state index is -1.12. The van der Waals surface area contributed by atoms with Gasteiger partial charge in [0.15, 0.2) is 0 Å². The number of hydrogen-bond acceptors (Lipinski definition) is 4. The number of ether oxygens (including phenoxy) is 1. The summed E-state index contributed by atoms with van der Waals surface area (Å²) in [6.45, 7) is 1.26. The summed E-state index contributed by atoms with van der Waals surface area (Å²) in [6.07, 6.45) is 0.168. The summed E-state index contributed by atoms with van der Waals surface area (Å²) in [6, 6.07) is 12.4. The number of halogens is 1. The summed E-state index contributed by atoms with van der Waals surface area (Å²) in [7, 11) is 0. The Kier molecular flexibility index (Phi) is 6.51. The van der Waals surface area contributed by atoms with Gasteiger partial charge in [-0.2, -0.15) is 0 Å². The third-order valence-electron chi connectivity index (χ3n) is 3.29. The lowest BCUT2D eigenvalue weighted by Crippen LogP contribution is -2.42. The van der Waals surface area contributed by atoms with Crippen LogP contribution in [0.5, 0.6) is 5.75 Å². The van der Waals surface area contributed by atoms with Crippen molar-refractivity contribution < 1.29 is 24.2 Å². The zero-order valence-corrected chi connectivity index (χ0v) is 15.5. The fourth-order valence-electron chi connectivity index (χ4n) is 2.21. The number of carboxylic acids is 1. The van der Waals surface area contributed by atoms with Crippen LogP contribution >= 0.6 is 22.6 Å². The highest BCUT2D eigenvalue weighted by atomic mass is 127. The normalized spacial score (nSPS) is 11.4. The minimum absolute atomic E-state index is 0.168. The number of amides is 1. The second-order valence-electron chi connectivity index (χ2n) is 5.32. The van der Waals surface area contributed by atoms with Crippen molar-refractivity contribution in [3.8, 4) is 5.75 Å². The topological polar surface area (TPSA) is 92.7 Å². The van der Waals surface area contributed by atoms with Crippen LogP contribution in [0.4, 0.5) is 0 Å². The fraction of sp³-hybridized carbons (Fsp3) is 0.167. The molecule has 0 bridgehead atoms. The summed E-state index contributed by atoms with van der Waals surface area (Å²) in [5.41, 5.74) is 1.03. The van der Waals surface area contributed by atoms with Crippen molar-refractivity contribution in [2.24, 2.45) is 0 Å². The molecular formula is C18H16INO5. The highest BCUT2D eigenvalue weighted by Crippen LogP contribution is 2.14. The standard InChI is InChI=1S/C18H16INO5/c1-11(21)25-15-7-3-5-13(10-15)17(22)20-16(18(23)24)9-12-4-2-6-14(19)8-12/h2-8,10,16H,9H2,1H3,(H,20,22)(H,23,24)/t16-/m0/s1. The molecule has 130 valence electrons. The van der Waals surface area contributed by atoms with Gasteiger partial charge in [0.25, 0.3) is 5.91 Å². The molecule has 1 atom stereocenters. The lowest BCUT2D eigenvalue weighted by Gasteiger charge is -2.15. The Morgan fingerprint density at radius 3 is 2.52 bits per heavy atom. The Morgan fingerprint density at radius 2 is 1.88 bits per heavy atom. The maximum Gasteiger partial charge on any atom is 0.326 e. The molecular weight excluding hydrogens is 437 g/mol. The van der Waals surface area contributed by atoms with Crippen molar-refractivity contribution in [1.82, 2.24) is 5.32 Å². The van der Waals surface area contributed by atoms with Gasteiger partial charge in [-0.3, -0.25) is 9.59 Å². The van der Waals surface area contributed by atoms with E-state index in [0.717, 1.165) is 9.13 Å². The number of carbonyl (C=O) groups is 3. The Bertz CT molecular complexity index is 806. The summed E-state index contributed by atoms with van der Waals surface area (Å²) >= 11 is 2.14. The summed E-state index contributed by atoms with van der Waals surface area (Å²) in [4.78, 5) is 34.8. The van der Waals surface area contributed by atoms with Gasteiger partial charge in [-0.1, -0.05) is 18.2 Å². The molecule has 7 heteroatoms. The first kappa shape index (κ1) is 18.9. The van der Waals surface area contributed by atoms with E-state index in [9.17, 15) is 19.5 Å². The number of rotatable bonds is 6. The van der Waals surface area contributed by atoms with Crippen molar-refractivity contribution in [2.45, 2.75) is 19.4 Å². The monoisotopic (exact) mass is 453 g/mol. The molecule has 2 aromatic rings. The van der Waals surface area contributed by atoms with E-state index in [2.05, 4.69) is 27.9 Å². The molecule has 0 spiro atoms. The SMILES string of the molecule is CC(=O)Oc1cccc(C(=O)N[C@@H](Cc2cccc(I)c2)C(=O)O)c1. The highest BCUT2D eigenvalue weighted by Gasteiger charge is 2.21. The molecule has 1 amide bonds. The lowest BCUT2D eigenvalue weighted by molar-refractivity contribution is -0.139. The van der Waals surface area contributed by atoms with Crippen LogP contribution in [-0.2, 0) is 16.0 Å². The van der Waals surface area contributed by atoms with Crippen molar-refractivity contribution in [3.63, 3.8) is 0 Å². The number of benzene rings is 2. The Labute approximate surface area is 158 Å². The van der Waals surface area contributed by atoms with Crippen LogP contribution in [0.1, 0.15) is 22.8 Å². The van der Waals surface area contributed by atoms with Crippen molar-refractivity contribution in [1.29, 1.82) is 0 Å². The Balaban J connectivity index is 2.12.